The summed E-state index contributed by atoms with van der Waals surface area (Å²) in [5.74, 6) is 2.33. The van der Waals surface area contributed by atoms with Gasteiger partial charge in [-0.3, -0.25) is 4.79 Å². The fourth-order valence-corrected chi connectivity index (χ4v) is 4.61. The van der Waals surface area contributed by atoms with Gasteiger partial charge in [0.25, 0.3) is 0 Å². The summed E-state index contributed by atoms with van der Waals surface area (Å²) in [6, 6.07) is 8.17. The second-order valence-corrected chi connectivity index (χ2v) is 7.00. The minimum Gasteiger partial charge on any atom is -0.490 e. The van der Waals surface area contributed by atoms with E-state index in [-0.39, 0.29) is 11.8 Å². The molecule has 4 rings (SSSR count). The third-order valence-electron chi connectivity index (χ3n) is 5.76. The number of amides is 1. The molecule has 4 nitrogen and oxygen atoms in total. The number of hydrogen-bond donors (Lipinski definition) is 1. The first-order chi connectivity index (χ1) is 10.7. The predicted molar refractivity (Wildman–Crippen MR) is 85.8 cm³/mol. The zero-order valence-corrected chi connectivity index (χ0v) is 12.9. The minimum atomic E-state index is 0.140. The Bertz CT molecular complexity index is 560. The molecule has 1 aromatic rings. The quantitative estimate of drug-likeness (QED) is 0.867. The zero-order valence-electron chi connectivity index (χ0n) is 12.9. The molecular weight excluding hydrogens is 276 g/mol. The van der Waals surface area contributed by atoms with Crippen LogP contribution >= 0.6 is 0 Å². The average Bonchev–Trinajstić information content (AvgIpc) is 2.53. The van der Waals surface area contributed by atoms with E-state index in [1.807, 2.05) is 29.2 Å². The highest BCUT2D eigenvalue weighted by Gasteiger charge is 2.42. The van der Waals surface area contributed by atoms with Crippen molar-refractivity contribution >= 4 is 11.6 Å². The van der Waals surface area contributed by atoms with Crippen molar-refractivity contribution in [3.05, 3.63) is 24.3 Å². The molecule has 0 radical (unpaired) electrons. The van der Waals surface area contributed by atoms with Crippen molar-refractivity contribution in [2.75, 3.05) is 18.1 Å². The summed E-state index contributed by atoms with van der Waals surface area (Å²) >= 11 is 0. The van der Waals surface area contributed by atoms with Gasteiger partial charge in [0.15, 0.2) is 0 Å². The molecule has 118 valence electrons. The number of fused-ring (bicyclic) bond motifs is 3. The van der Waals surface area contributed by atoms with Crippen molar-refractivity contribution < 1.29 is 9.53 Å². The van der Waals surface area contributed by atoms with Crippen LogP contribution in [0.2, 0.25) is 0 Å². The molecule has 2 atom stereocenters. The van der Waals surface area contributed by atoms with Crippen molar-refractivity contribution in [1.29, 1.82) is 0 Å². The molecule has 3 aliphatic rings. The van der Waals surface area contributed by atoms with E-state index >= 15 is 0 Å². The molecule has 0 spiro atoms. The van der Waals surface area contributed by atoms with E-state index in [0.717, 1.165) is 24.3 Å². The van der Waals surface area contributed by atoms with Gasteiger partial charge in [0.1, 0.15) is 12.4 Å². The minimum absolute atomic E-state index is 0.140. The van der Waals surface area contributed by atoms with Gasteiger partial charge in [-0.1, -0.05) is 18.6 Å². The Labute approximate surface area is 131 Å². The van der Waals surface area contributed by atoms with Crippen LogP contribution < -0.4 is 15.4 Å². The van der Waals surface area contributed by atoms with Crippen molar-refractivity contribution in [3.63, 3.8) is 0 Å². The largest absolute Gasteiger partial charge is 0.490 e. The second kappa shape index (κ2) is 5.58. The number of benzene rings is 1. The first-order valence-electron chi connectivity index (χ1n) is 8.53. The fourth-order valence-electron chi connectivity index (χ4n) is 4.61. The Kier molecular flexibility index (Phi) is 3.57. The van der Waals surface area contributed by atoms with Gasteiger partial charge in [-0.25, -0.2) is 0 Å². The van der Waals surface area contributed by atoms with Crippen LogP contribution in [0.3, 0.4) is 0 Å². The molecule has 1 aromatic carbocycles. The molecule has 1 heterocycles. The van der Waals surface area contributed by atoms with Gasteiger partial charge in [0.2, 0.25) is 5.91 Å². The number of ether oxygens (including phenoxy) is 1. The summed E-state index contributed by atoms with van der Waals surface area (Å²) in [5.41, 5.74) is 7.29. The molecule has 1 aliphatic heterocycles. The van der Waals surface area contributed by atoms with Gasteiger partial charge in [-0.2, -0.15) is 0 Å². The molecule has 2 saturated carbocycles. The Hall–Kier alpha value is -1.55. The predicted octanol–water partition coefficient (Wildman–Crippen LogP) is 2.57. The van der Waals surface area contributed by atoms with E-state index in [0.29, 0.717) is 31.0 Å². The summed E-state index contributed by atoms with van der Waals surface area (Å²) in [5, 5.41) is 0. The SMILES string of the molecule is NC1C2CCCC1CC(C(=O)N1CCOc3ccccc31)C2. The van der Waals surface area contributed by atoms with Crippen LogP contribution in [-0.4, -0.2) is 25.1 Å². The maximum absolute atomic E-state index is 13.1. The summed E-state index contributed by atoms with van der Waals surface area (Å²) in [4.78, 5) is 15.0. The number of hydrogen-bond acceptors (Lipinski definition) is 3. The van der Waals surface area contributed by atoms with E-state index in [1.54, 1.807) is 0 Å². The van der Waals surface area contributed by atoms with E-state index in [4.69, 9.17) is 10.5 Å². The smallest absolute Gasteiger partial charge is 0.230 e. The van der Waals surface area contributed by atoms with E-state index < -0.39 is 0 Å². The van der Waals surface area contributed by atoms with E-state index in [1.165, 1.54) is 19.3 Å². The second-order valence-electron chi connectivity index (χ2n) is 7.00. The van der Waals surface area contributed by atoms with E-state index in [2.05, 4.69) is 0 Å². The average molecular weight is 300 g/mol. The topological polar surface area (TPSA) is 55.6 Å². The highest BCUT2D eigenvalue weighted by Crippen LogP contribution is 2.43. The van der Waals surface area contributed by atoms with Gasteiger partial charge in [-0.15, -0.1) is 0 Å². The normalized spacial score (nSPS) is 33.8. The third kappa shape index (κ3) is 2.30. The number of carbonyl (C=O) groups is 1. The maximum Gasteiger partial charge on any atom is 0.230 e. The van der Waals surface area contributed by atoms with Gasteiger partial charge < -0.3 is 15.4 Å². The van der Waals surface area contributed by atoms with Gasteiger partial charge >= 0.3 is 0 Å². The highest BCUT2D eigenvalue weighted by molar-refractivity contribution is 5.96. The van der Waals surface area contributed by atoms with Crippen LogP contribution in [0.5, 0.6) is 5.75 Å². The van der Waals surface area contributed by atoms with Crippen LogP contribution in [0.25, 0.3) is 0 Å². The first kappa shape index (κ1) is 14.1. The van der Waals surface area contributed by atoms with Gasteiger partial charge in [0, 0.05) is 12.0 Å². The number of carbonyl (C=O) groups excluding carboxylic acids is 1. The van der Waals surface area contributed by atoms with E-state index in [9.17, 15) is 4.79 Å². The summed E-state index contributed by atoms with van der Waals surface area (Å²) in [7, 11) is 0. The zero-order chi connectivity index (χ0) is 15.1. The molecule has 0 saturated heterocycles. The summed E-state index contributed by atoms with van der Waals surface area (Å²) in [6.07, 6.45) is 5.61. The van der Waals surface area contributed by atoms with Crippen LogP contribution in [0.15, 0.2) is 24.3 Å². The van der Waals surface area contributed by atoms with Crippen LogP contribution in [0, 0.1) is 17.8 Å². The molecule has 2 unspecified atom stereocenters. The molecule has 2 aliphatic carbocycles. The number of nitrogens with zero attached hydrogens (tertiary/aromatic N) is 1. The Morgan fingerprint density at radius 1 is 1.18 bits per heavy atom. The van der Waals surface area contributed by atoms with Crippen LogP contribution in [-0.2, 0) is 4.79 Å². The monoisotopic (exact) mass is 300 g/mol. The van der Waals surface area contributed by atoms with Crippen LogP contribution in [0.4, 0.5) is 5.69 Å². The molecule has 4 heteroatoms. The van der Waals surface area contributed by atoms with Crippen LogP contribution in [0.1, 0.15) is 32.1 Å². The Morgan fingerprint density at radius 3 is 2.68 bits per heavy atom. The lowest BCUT2D eigenvalue weighted by molar-refractivity contribution is -0.125. The Balaban J connectivity index is 1.56. The number of nitrogens with two attached hydrogens (primary N) is 1. The molecule has 1 amide bonds. The lowest BCUT2D eigenvalue weighted by Gasteiger charge is -2.44. The third-order valence-corrected chi connectivity index (χ3v) is 5.76. The standard InChI is InChI=1S/C18H24N2O2/c19-17-12-4-3-5-13(17)11-14(10-12)18(21)20-8-9-22-16-7-2-1-6-15(16)20/h1-2,6-7,12-14,17H,3-5,8-11,19H2. The molecule has 2 N–H and O–H groups in total. The summed E-state index contributed by atoms with van der Waals surface area (Å²) < 4.78 is 5.67. The van der Waals surface area contributed by atoms with Gasteiger partial charge in [0.05, 0.1) is 12.2 Å². The fraction of sp³-hybridized carbons (Fsp3) is 0.611. The Morgan fingerprint density at radius 2 is 1.91 bits per heavy atom. The summed E-state index contributed by atoms with van der Waals surface area (Å²) in [6.45, 7) is 1.25. The number of rotatable bonds is 1. The van der Waals surface area contributed by atoms with Crippen molar-refractivity contribution in [2.24, 2.45) is 23.5 Å². The highest BCUT2D eigenvalue weighted by atomic mass is 16.5. The molecule has 2 bridgehead atoms. The number of anilines is 1. The number of para-hydroxylation sites is 2. The molecule has 0 aromatic heterocycles. The molecule has 22 heavy (non-hydrogen) atoms. The van der Waals surface area contributed by atoms with Crippen molar-refractivity contribution in [3.8, 4) is 5.75 Å². The van der Waals surface area contributed by atoms with Crippen molar-refractivity contribution in [1.82, 2.24) is 0 Å². The lowest BCUT2D eigenvalue weighted by atomic mass is 9.65. The molecule has 2 fully saturated rings. The molecular formula is C18H24N2O2. The van der Waals surface area contributed by atoms with Gasteiger partial charge in [-0.05, 0) is 49.7 Å². The maximum atomic E-state index is 13.1. The lowest BCUT2D eigenvalue weighted by Crippen LogP contribution is -2.50. The first-order valence-corrected chi connectivity index (χ1v) is 8.53. The van der Waals surface area contributed by atoms with Crippen molar-refractivity contribution in [2.45, 2.75) is 38.1 Å².